The Morgan fingerprint density at radius 1 is 1.15 bits per heavy atom. The summed E-state index contributed by atoms with van der Waals surface area (Å²) in [5.74, 6) is -2.63. The molecule has 0 heterocycles. The molecule has 0 saturated heterocycles. The summed E-state index contributed by atoms with van der Waals surface area (Å²) in [7, 11) is 2.31. The summed E-state index contributed by atoms with van der Waals surface area (Å²) in [6.07, 6.45) is -5.02. The first-order valence-corrected chi connectivity index (χ1v) is 7.68. The van der Waals surface area contributed by atoms with Crippen LogP contribution in [0.5, 0.6) is 0 Å². The Morgan fingerprint density at radius 2 is 1.81 bits per heavy atom. The van der Waals surface area contributed by atoms with E-state index in [1.807, 2.05) is 0 Å². The average molecular weight is 375 g/mol. The number of carbonyl (C=O) groups excluding carboxylic acids is 3. The van der Waals surface area contributed by atoms with Crippen molar-refractivity contribution in [2.24, 2.45) is 5.92 Å². The van der Waals surface area contributed by atoms with Gasteiger partial charge in [-0.25, -0.2) is 4.79 Å². The third kappa shape index (κ3) is 6.38. The molecule has 0 fully saturated rings. The maximum Gasteiger partial charge on any atom is 0.416 e. The normalized spacial score (nSPS) is 13.5. The number of methoxy groups -OCH3 is 2. The highest BCUT2D eigenvalue weighted by molar-refractivity contribution is 5.86. The largest absolute Gasteiger partial charge is 0.469 e. The smallest absolute Gasteiger partial charge is 0.416 e. The van der Waals surface area contributed by atoms with Crippen LogP contribution in [0.3, 0.4) is 0 Å². The molecule has 1 N–H and O–H groups in total. The van der Waals surface area contributed by atoms with Gasteiger partial charge in [-0.1, -0.05) is 25.1 Å². The van der Waals surface area contributed by atoms with Crippen LogP contribution in [-0.4, -0.2) is 38.1 Å². The topological polar surface area (TPSA) is 81.7 Å². The summed E-state index contributed by atoms with van der Waals surface area (Å²) in [6.45, 7) is 1.54. The molecule has 0 aliphatic heterocycles. The Bertz CT molecular complexity index is 660. The van der Waals surface area contributed by atoms with Gasteiger partial charge in [0.25, 0.3) is 0 Å². The molecular weight excluding hydrogens is 355 g/mol. The van der Waals surface area contributed by atoms with Crippen molar-refractivity contribution in [3.63, 3.8) is 0 Å². The minimum Gasteiger partial charge on any atom is -0.469 e. The van der Waals surface area contributed by atoms with E-state index in [-0.39, 0.29) is 18.4 Å². The van der Waals surface area contributed by atoms with Gasteiger partial charge < -0.3 is 14.8 Å². The minimum atomic E-state index is -4.52. The quantitative estimate of drug-likeness (QED) is 0.738. The Balaban J connectivity index is 2.84. The van der Waals surface area contributed by atoms with Crippen LogP contribution in [0.2, 0.25) is 0 Å². The van der Waals surface area contributed by atoms with E-state index in [9.17, 15) is 27.6 Å². The van der Waals surface area contributed by atoms with Crippen molar-refractivity contribution in [2.45, 2.75) is 32.0 Å². The van der Waals surface area contributed by atoms with E-state index >= 15 is 0 Å². The monoisotopic (exact) mass is 375 g/mol. The van der Waals surface area contributed by atoms with Gasteiger partial charge in [-0.3, -0.25) is 9.59 Å². The molecule has 9 heteroatoms. The number of nitrogens with one attached hydrogen (secondary N) is 1. The molecule has 0 unspecified atom stereocenters. The highest BCUT2D eigenvalue weighted by atomic mass is 19.4. The number of esters is 2. The zero-order valence-electron chi connectivity index (χ0n) is 14.6. The van der Waals surface area contributed by atoms with Gasteiger partial charge in [0, 0.05) is 0 Å². The maximum atomic E-state index is 12.7. The van der Waals surface area contributed by atoms with Crippen molar-refractivity contribution in [3.05, 3.63) is 35.4 Å². The highest BCUT2D eigenvalue weighted by Gasteiger charge is 2.31. The third-order valence-corrected chi connectivity index (χ3v) is 3.68. The fourth-order valence-electron chi connectivity index (χ4n) is 2.29. The standard InChI is InChI=1S/C17H20F3NO5/c1-10(7-14(23)25-2)15(16(24)26-3)21-13(22)9-11-5-4-6-12(8-11)17(18,19)20/h4-6,8,10,15H,7,9H2,1-3H3,(H,21,22)/t10-,15-/m0/s1. The second-order valence-corrected chi connectivity index (χ2v) is 5.70. The van der Waals surface area contributed by atoms with Crippen LogP contribution in [0.4, 0.5) is 13.2 Å². The molecule has 0 aromatic heterocycles. The fourth-order valence-corrected chi connectivity index (χ4v) is 2.29. The van der Waals surface area contributed by atoms with Crippen LogP contribution in [-0.2, 0) is 36.5 Å². The lowest BCUT2D eigenvalue weighted by molar-refractivity contribution is -0.148. The lowest BCUT2D eigenvalue weighted by Crippen LogP contribution is -2.47. The van der Waals surface area contributed by atoms with Crippen molar-refractivity contribution in [1.29, 1.82) is 0 Å². The van der Waals surface area contributed by atoms with E-state index in [0.29, 0.717) is 0 Å². The fraction of sp³-hybridized carbons (Fsp3) is 0.471. The molecule has 1 amide bonds. The molecular formula is C17H20F3NO5. The Hall–Kier alpha value is -2.58. The molecule has 0 aliphatic carbocycles. The van der Waals surface area contributed by atoms with E-state index in [1.165, 1.54) is 19.2 Å². The molecule has 144 valence electrons. The van der Waals surface area contributed by atoms with Gasteiger partial charge in [-0.15, -0.1) is 0 Å². The maximum absolute atomic E-state index is 12.7. The number of carbonyl (C=O) groups is 3. The van der Waals surface area contributed by atoms with Crippen LogP contribution in [0, 0.1) is 5.92 Å². The summed E-state index contributed by atoms with van der Waals surface area (Å²) in [5.41, 5.74) is -0.729. The molecule has 1 rings (SSSR count). The molecule has 0 aliphatic rings. The zero-order valence-corrected chi connectivity index (χ0v) is 14.6. The molecule has 0 spiro atoms. The van der Waals surface area contributed by atoms with Crippen LogP contribution >= 0.6 is 0 Å². The van der Waals surface area contributed by atoms with E-state index in [1.54, 1.807) is 6.92 Å². The molecule has 0 saturated carbocycles. The van der Waals surface area contributed by atoms with Gasteiger partial charge >= 0.3 is 18.1 Å². The summed E-state index contributed by atoms with van der Waals surface area (Å²) in [4.78, 5) is 35.4. The SMILES string of the molecule is COC(=O)C[C@H](C)[C@H](NC(=O)Cc1cccc(C(F)(F)F)c1)C(=O)OC. The Kier molecular flexibility index (Phi) is 7.60. The molecule has 6 nitrogen and oxygen atoms in total. The van der Waals surface area contributed by atoms with Gasteiger partial charge in [0.2, 0.25) is 5.91 Å². The van der Waals surface area contributed by atoms with Crippen LogP contribution in [0.1, 0.15) is 24.5 Å². The Morgan fingerprint density at radius 3 is 2.35 bits per heavy atom. The molecule has 26 heavy (non-hydrogen) atoms. The van der Waals surface area contributed by atoms with E-state index in [0.717, 1.165) is 19.2 Å². The molecule has 0 bridgehead atoms. The molecule has 0 radical (unpaired) electrons. The predicted octanol–water partition coefficient (Wildman–Crippen LogP) is 2.10. The van der Waals surface area contributed by atoms with E-state index in [4.69, 9.17) is 0 Å². The van der Waals surface area contributed by atoms with E-state index in [2.05, 4.69) is 14.8 Å². The van der Waals surface area contributed by atoms with Crippen LogP contribution in [0.15, 0.2) is 24.3 Å². The molecule has 2 atom stereocenters. The number of amides is 1. The summed E-state index contributed by atoms with van der Waals surface area (Å²) in [5, 5.41) is 2.40. The summed E-state index contributed by atoms with van der Waals surface area (Å²) in [6, 6.07) is 3.21. The highest BCUT2D eigenvalue weighted by Crippen LogP contribution is 2.29. The van der Waals surface area contributed by atoms with Crippen molar-refractivity contribution < 1.29 is 37.0 Å². The summed E-state index contributed by atoms with van der Waals surface area (Å²) >= 11 is 0. The van der Waals surface area contributed by atoms with Crippen molar-refractivity contribution in [3.8, 4) is 0 Å². The second-order valence-electron chi connectivity index (χ2n) is 5.70. The van der Waals surface area contributed by atoms with Crippen LogP contribution in [0.25, 0.3) is 0 Å². The van der Waals surface area contributed by atoms with Crippen molar-refractivity contribution >= 4 is 17.8 Å². The number of alkyl halides is 3. The van der Waals surface area contributed by atoms with E-state index < -0.39 is 41.5 Å². The van der Waals surface area contributed by atoms with Gasteiger partial charge in [0.1, 0.15) is 6.04 Å². The second kappa shape index (κ2) is 9.21. The van der Waals surface area contributed by atoms with Gasteiger partial charge in [0.05, 0.1) is 32.6 Å². The number of rotatable bonds is 7. The summed E-state index contributed by atoms with van der Waals surface area (Å²) < 4.78 is 47.3. The number of hydrogen-bond donors (Lipinski definition) is 1. The lowest BCUT2D eigenvalue weighted by Gasteiger charge is -2.22. The first-order chi connectivity index (χ1) is 12.1. The zero-order chi connectivity index (χ0) is 19.9. The first-order valence-electron chi connectivity index (χ1n) is 7.68. The van der Waals surface area contributed by atoms with Gasteiger partial charge in [0.15, 0.2) is 0 Å². The lowest BCUT2D eigenvalue weighted by atomic mass is 9.97. The van der Waals surface area contributed by atoms with Crippen molar-refractivity contribution in [1.82, 2.24) is 5.32 Å². The predicted molar refractivity (Wildman–Crippen MR) is 84.9 cm³/mol. The van der Waals surface area contributed by atoms with Gasteiger partial charge in [-0.05, 0) is 17.5 Å². The Labute approximate surface area is 148 Å². The molecule has 1 aromatic rings. The van der Waals surface area contributed by atoms with Crippen LogP contribution < -0.4 is 5.32 Å². The minimum absolute atomic E-state index is 0.139. The van der Waals surface area contributed by atoms with Gasteiger partial charge in [-0.2, -0.15) is 13.2 Å². The number of halogens is 3. The first kappa shape index (κ1) is 21.5. The number of hydrogen-bond acceptors (Lipinski definition) is 5. The third-order valence-electron chi connectivity index (χ3n) is 3.68. The number of benzene rings is 1. The molecule has 1 aromatic carbocycles. The number of ether oxygens (including phenoxy) is 2. The van der Waals surface area contributed by atoms with Crippen molar-refractivity contribution in [2.75, 3.05) is 14.2 Å². The average Bonchev–Trinajstić information content (AvgIpc) is 2.58.